The Morgan fingerprint density at radius 3 is 2.66 bits per heavy atom. The second-order valence-corrected chi connectivity index (χ2v) is 7.56. The Morgan fingerprint density at radius 1 is 1.00 bits per heavy atom. The van der Waals surface area contributed by atoms with Gasteiger partial charge in [-0.25, -0.2) is 19.3 Å². The lowest BCUT2D eigenvalue weighted by Gasteiger charge is -2.29. The lowest BCUT2D eigenvalue weighted by molar-refractivity contribution is 0.122. The topological polar surface area (TPSA) is 73.3 Å². The van der Waals surface area contributed by atoms with E-state index in [2.05, 4.69) is 24.8 Å². The zero-order chi connectivity index (χ0) is 21.9. The third kappa shape index (κ3) is 4.09. The fourth-order valence-electron chi connectivity index (χ4n) is 3.89. The molecule has 8 heteroatoms. The van der Waals surface area contributed by atoms with Crippen LogP contribution in [0.15, 0.2) is 55.1 Å². The number of hydrogen-bond acceptors (Lipinski definition) is 7. The third-order valence-electron chi connectivity index (χ3n) is 5.56. The van der Waals surface area contributed by atoms with Crippen molar-refractivity contribution >= 4 is 16.6 Å². The van der Waals surface area contributed by atoms with Crippen molar-refractivity contribution in [2.75, 3.05) is 38.3 Å². The molecule has 1 aliphatic heterocycles. The summed E-state index contributed by atoms with van der Waals surface area (Å²) in [4.78, 5) is 19.7. The van der Waals surface area contributed by atoms with Gasteiger partial charge in [-0.05, 0) is 35.9 Å². The first-order chi connectivity index (χ1) is 15.7. The average molecular weight is 431 g/mol. The fraction of sp³-hybridized carbons (Fsp3) is 0.250. The number of anilines is 1. The smallest absolute Gasteiger partial charge is 0.231 e. The summed E-state index contributed by atoms with van der Waals surface area (Å²) in [6.07, 6.45) is 5.25. The van der Waals surface area contributed by atoms with E-state index in [0.717, 1.165) is 40.9 Å². The first-order valence-electron chi connectivity index (χ1n) is 10.4. The van der Waals surface area contributed by atoms with Crippen LogP contribution in [0, 0.1) is 5.82 Å². The SMILES string of the molecule is COc1cnc(Cc2ccc(F)c(-c3ncnc4cc(N5CCOCC5)ccc34)c2)cn1. The van der Waals surface area contributed by atoms with Crippen molar-refractivity contribution in [1.29, 1.82) is 0 Å². The number of methoxy groups -OCH3 is 1. The van der Waals surface area contributed by atoms with Crippen molar-refractivity contribution < 1.29 is 13.9 Å². The Labute approximate surface area is 184 Å². The number of rotatable bonds is 5. The van der Waals surface area contributed by atoms with E-state index in [4.69, 9.17) is 9.47 Å². The Kier molecular flexibility index (Phi) is 5.60. The van der Waals surface area contributed by atoms with Gasteiger partial charge in [-0.3, -0.25) is 4.98 Å². The van der Waals surface area contributed by atoms with E-state index in [9.17, 15) is 4.39 Å². The molecule has 2 aromatic carbocycles. The van der Waals surface area contributed by atoms with Crippen LogP contribution in [0.5, 0.6) is 5.88 Å². The standard InChI is InChI=1S/C24H22FN5O2/c1-31-23-14-26-17(13-27-23)10-16-2-5-21(25)20(11-16)24-19-4-3-18(12-22(19)28-15-29-24)30-6-8-32-9-7-30/h2-5,11-15H,6-10H2,1H3. The van der Waals surface area contributed by atoms with Crippen LogP contribution in [0.2, 0.25) is 0 Å². The number of benzene rings is 2. The van der Waals surface area contributed by atoms with Crippen molar-refractivity contribution in [3.63, 3.8) is 0 Å². The molecule has 0 amide bonds. The zero-order valence-corrected chi connectivity index (χ0v) is 17.7. The molecule has 0 aliphatic carbocycles. The molecule has 32 heavy (non-hydrogen) atoms. The highest BCUT2D eigenvalue weighted by Gasteiger charge is 2.16. The van der Waals surface area contributed by atoms with E-state index in [0.29, 0.717) is 36.8 Å². The molecule has 0 spiro atoms. The summed E-state index contributed by atoms with van der Waals surface area (Å²) in [6.45, 7) is 3.11. The van der Waals surface area contributed by atoms with Crippen molar-refractivity contribution in [2.45, 2.75) is 6.42 Å². The molecule has 1 aliphatic rings. The molecule has 1 fully saturated rings. The lowest BCUT2D eigenvalue weighted by atomic mass is 10.0. The Balaban J connectivity index is 1.49. The molecule has 0 saturated carbocycles. The second-order valence-electron chi connectivity index (χ2n) is 7.56. The summed E-state index contributed by atoms with van der Waals surface area (Å²) in [5.41, 5.74) is 4.56. The molecule has 4 aromatic rings. The predicted octanol–water partition coefficient (Wildman–Crippen LogP) is 3.66. The van der Waals surface area contributed by atoms with Gasteiger partial charge in [0.15, 0.2) is 0 Å². The largest absolute Gasteiger partial charge is 0.480 e. The molecule has 0 radical (unpaired) electrons. The van der Waals surface area contributed by atoms with Gasteiger partial charge in [0.2, 0.25) is 5.88 Å². The molecule has 7 nitrogen and oxygen atoms in total. The van der Waals surface area contributed by atoms with Gasteiger partial charge in [0.1, 0.15) is 12.1 Å². The minimum atomic E-state index is -0.327. The van der Waals surface area contributed by atoms with Crippen LogP contribution in [-0.2, 0) is 11.2 Å². The Morgan fingerprint density at radius 2 is 1.88 bits per heavy atom. The first-order valence-corrected chi connectivity index (χ1v) is 10.4. The maximum absolute atomic E-state index is 14.9. The molecule has 5 rings (SSSR count). The summed E-state index contributed by atoms with van der Waals surface area (Å²) in [5.74, 6) is 0.129. The van der Waals surface area contributed by atoms with Crippen molar-refractivity contribution in [1.82, 2.24) is 19.9 Å². The highest BCUT2D eigenvalue weighted by atomic mass is 19.1. The Hall–Kier alpha value is -3.65. The molecule has 0 bridgehead atoms. The van der Waals surface area contributed by atoms with Crippen LogP contribution >= 0.6 is 0 Å². The van der Waals surface area contributed by atoms with Crippen LogP contribution < -0.4 is 9.64 Å². The van der Waals surface area contributed by atoms with Crippen LogP contribution in [0.1, 0.15) is 11.3 Å². The molecule has 3 heterocycles. The van der Waals surface area contributed by atoms with E-state index in [1.165, 1.54) is 12.4 Å². The van der Waals surface area contributed by atoms with Crippen LogP contribution in [0.4, 0.5) is 10.1 Å². The lowest BCUT2D eigenvalue weighted by Crippen LogP contribution is -2.36. The maximum atomic E-state index is 14.9. The summed E-state index contributed by atoms with van der Waals surface area (Å²) in [6, 6.07) is 11.1. The van der Waals surface area contributed by atoms with Gasteiger partial charge in [0, 0.05) is 36.1 Å². The van der Waals surface area contributed by atoms with Gasteiger partial charge in [0.25, 0.3) is 0 Å². The minimum Gasteiger partial charge on any atom is -0.480 e. The van der Waals surface area contributed by atoms with Crippen molar-refractivity contribution in [2.24, 2.45) is 0 Å². The molecular weight excluding hydrogens is 409 g/mol. The minimum absolute atomic E-state index is 0.327. The second kappa shape index (κ2) is 8.84. The van der Waals surface area contributed by atoms with E-state index in [1.807, 2.05) is 24.3 Å². The number of aromatic nitrogens is 4. The highest BCUT2D eigenvalue weighted by Crippen LogP contribution is 2.31. The van der Waals surface area contributed by atoms with Gasteiger partial charge in [0.05, 0.1) is 49.6 Å². The molecule has 0 unspecified atom stereocenters. The average Bonchev–Trinajstić information content (AvgIpc) is 2.85. The predicted molar refractivity (Wildman–Crippen MR) is 119 cm³/mol. The van der Waals surface area contributed by atoms with Crippen LogP contribution in [0.3, 0.4) is 0 Å². The van der Waals surface area contributed by atoms with Crippen LogP contribution in [-0.4, -0.2) is 53.3 Å². The Bertz CT molecular complexity index is 1240. The highest BCUT2D eigenvalue weighted by molar-refractivity contribution is 5.94. The molecule has 0 N–H and O–H groups in total. The molecular formula is C24H22FN5O2. The van der Waals surface area contributed by atoms with E-state index in [1.54, 1.807) is 25.6 Å². The van der Waals surface area contributed by atoms with Gasteiger partial charge in [-0.15, -0.1) is 0 Å². The number of morpholine rings is 1. The van der Waals surface area contributed by atoms with E-state index >= 15 is 0 Å². The summed E-state index contributed by atoms with van der Waals surface area (Å²) >= 11 is 0. The number of ether oxygens (including phenoxy) is 2. The number of halogens is 1. The number of nitrogens with zero attached hydrogens (tertiary/aromatic N) is 5. The van der Waals surface area contributed by atoms with Crippen molar-refractivity contribution in [3.8, 4) is 17.1 Å². The monoisotopic (exact) mass is 431 g/mol. The van der Waals surface area contributed by atoms with E-state index < -0.39 is 0 Å². The third-order valence-corrected chi connectivity index (χ3v) is 5.56. The fourth-order valence-corrected chi connectivity index (χ4v) is 3.89. The first kappa shape index (κ1) is 20.3. The number of fused-ring (bicyclic) bond motifs is 1. The summed E-state index contributed by atoms with van der Waals surface area (Å²) < 4.78 is 25.4. The summed E-state index contributed by atoms with van der Waals surface area (Å²) in [5, 5.41) is 0.810. The normalized spacial score (nSPS) is 14.0. The molecule has 2 aromatic heterocycles. The number of hydrogen-bond donors (Lipinski definition) is 0. The van der Waals surface area contributed by atoms with E-state index in [-0.39, 0.29) is 5.82 Å². The van der Waals surface area contributed by atoms with Gasteiger partial charge in [-0.1, -0.05) is 6.07 Å². The van der Waals surface area contributed by atoms with Crippen LogP contribution in [0.25, 0.3) is 22.2 Å². The maximum Gasteiger partial charge on any atom is 0.231 e. The van der Waals surface area contributed by atoms with Gasteiger partial charge < -0.3 is 14.4 Å². The molecule has 162 valence electrons. The van der Waals surface area contributed by atoms with Crippen molar-refractivity contribution in [3.05, 3.63) is 72.2 Å². The zero-order valence-electron chi connectivity index (χ0n) is 17.7. The quantitative estimate of drug-likeness (QED) is 0.477. The van der Waals surface area contributed by atoms with Gasteiger partial charge >= 0.3 is 0 Å². The summed E-state index contributed by atoms with van der Waals surface area (Å²) in [7, 11) is 1.55. The molecule has 1 saturated heterocycles. The molecule has 0 atom stereocenters. The van der Waals surface area contributed by atoms with Gasteiger partial charge in [-0.2, -0.15) is 0 Å².